The van der Waals surface area contributed by atoms with Gasteiger partial charge in [-0.3, -0.25) is 0 Å². The molecular formula is C13H16N2O. The zero-order chi connectivity index (χ0) is 11.4. The quantitative estimate of drug-likeness (QED) is 0.744. The maximum atomic E-state index is 9.40. The molecule has 0 spiro atoms. The second-order valence-electron chi connectivity index (χ2n) is 4.34. The number of rotatable bonds is 5. The molecule has 84 valence electrons. The zero-order valence-electron chi connectivity index (χ0n) is 9.24. The lowest BCUT2D eigenvalue weighted by Crippen LogP contribution is -2.02. The highest BCUT2D eigenvalue weighted by Gasteiger charge is 2.21. The summed E-state index contributed by atoms with van der Waals surface area (Å²) in [5, 5.41) is 21.0. The summed E-state index contributed by atoms with van der Waals surface area (Å²) in [5.74, 6) is 1.15. The van der Waals surface area contributed by atoms with Gasteiger partial charge >= 0.3 is 0 Å². The van der Waals surface area contributed by atoms with Crippen molar-refractivity contribution in [2.45, 2.75) is 25.7 Å². The fraction of sp³-hybridized carbons (Fsp3) is 0.462. The number of nitrogens with zero attached hydrogens (tertiary/aromatic N) is 1. The fourth-order valence-corrected chi connectivity index (χ4v) is 1.85. The topological polar surface area (TPSA) is 56.0 Å². The van der Waals surface area contributed by atoms with E-state index in [0.29, 0.717) is 0 Å². The van der Waals surface area contributed by atoms with E-state index in [1.54, 1.807) is 12.1 Å². The summed E-state index contributed by atoms with van der Waals surface area (Å²) < 4.78 is 0. The van der Waals surface area contributed by atoms with Crippen LogP contribution in [0.15, 0.2) is 18.2 Å². The van der Waals surface area contributed by atoms with Crippen molar-refractivity contribution in [3.63, 3.8) is 0 Å². The third-order valence-corrected chi connectivity index (χ3v) is 2.97. The lowest BCUT2D eigenvalue weighted by atomic mass is 10.0. The second kappa shape index (κ2) is 4.89. The molecular weight excluding hydrogens is 200 g/mol. The monoisotopic (exact) mass is 216 g/mol. The maximum absolute atomic E-state index is 9.40. The molecule has 0 aromatic heterocycles. The molecule has 1 aromatic carbocycles. The number of nitriles is 1. The van der Waals surface area contributed by atoms with Crippen molar-refractivity contribution in [3.8, 4) is 11.8 Å². The number of aromatic hydroxyl groups is 1. The number of nitrogens with one attached hydrogen (secondary N) is 1. The molecule has 0 atom stereocenters. The fourth-order valence-electron chi connectivity index (χ4n) is 1.85. The molecule has 16 heavy (non-hydrogen) atoms. The Morgan fingerprint density at radius 1 is 1.44 bits per heavy atom. The van der Waals surface area contributed by atoms with Crippen LogP contribution in [0.5, 0.6) is 5.75 Å². The van der Waals surface area contributed by atoms with Crippen molar-refractivity contribution in [2.75, 3.05) is 11.9 Å². The van der Waals surface area contributed by atoms with E-state index in [1.165, 1.54) is 24.8 Å². The normalized spacial score (nSPS) is 14.4. The van der Waals surface area contributed by atoms with Crippen LogP contribution in [-0.2, 0) is 6.42 Å². The molecule has 1 saturated carbocycles. The van der Waals surface area contributed by atoms with Gasteiger partial charge in [0.05, 0.1) is 6.07 Å². The van der Waals surface area contributed by atoms with Crippen molar-refractivity contribution >= 4 is 5.69 Å². The van der Waals surface area contributed by atoms with Crippen molar-refractivity contribution in [3.05, 3.63) is 23.8 Å². The average Bonchev–Trinajstić information content (AvgIpc) is 3.09. The Kier molecular flexibility index (Phi) is 3.31. The molecule has 1 fully saturated rings. The number of hydrogen-bond acceptors (Lipinski definition) is 3. The first-order valence-corrected chi connectivity index (χ1v) is 5.72. The van der Waals surface area contributed by atoms with Gasteiger partial charge in [-0.25, -0.2) is 0 Å². The molecule has 3 heteroatoms. The Balaban J connectivity index is 2.04. The van der Waals surface area contributed by atoms with Crippen LogP contribution in [-0.4, -0.2) is 11.7 Å². The van der Waals surface area contributed by atoms with Gasteiger partial charge in [0, 0.05) is 11.8 Å². The van der Waals surface area contributed by atoms with Gasteiger partial charge in [0.1, 0.15) is 12.3 Å². The van der Waals surface area contributed by atoms with Gasteiger partial charge in [-0.15, -0.1) is 0 Å². The minimum absolute atomic E-state index is 0.246. The molecule has 3 nitrogen and oxygen atoms in total. The summed E-state index contributed by atoms with van der Waals surface area (Å²) >= 11 is 0. The molecule has 2 rings (SSSR count). The number of phenolic OH excluding ortho intramolecular Hbond substituents is 1. The first-order chi connectivity index (χ1) is 7.79. The van der Waals surface area contributed by atoms with E-state index in [9.17, 15) is 5.11 Å². The van der Waals surface area contributed by atoms with Gasteiger partial charge in [-0.05, 0) is 30.4 Å². The number of benzene rings is 1. The Labute approximate surface area is 95.7 Å². The summed E-state index contributed by atoms with van der Waals surface area (Å²) in [6.07, 6.45) is 4.96. The standard InChI is InChI=1S/C13H16N2O/c14-7-8-15-13-9-12(16)6-5-11(13)4-3-10-1-2-10/h5-6,9-10,15-16H,1-4,8H2. The average molecular weight is 216 g/mol. The van der Waals surface area contributed by atoms with E-state index in [-0.39, 0.29) is 12.3 Å². The first-order valence-electron chi connectivity index (χ1n) is 5.72. The molecule has 1 aliphatic carbocycles. The summed E-state index contributed by atoms with van der Waals surface area (Å²) in [4.78, 5) is 0. The molecule has 0 saturated heterocycles. The van der Waals surface area contributed by atoms with Crippen molar-refractivity contribution in [2.24, 2.45) is 5.92 Å². The smallest absolute Gasteiger partial charge is 0.117 e. The van der Waals surface area contributed by atoms with Gasteiger partial charge < -0.3 is 10.4 Å². The largest absolute Gasteiger partial charge is 0.508 e. The van der Waals surface area contributed by atoms with Gasteiger partial charge in [0.25, 0.3) is 0 Å². The molecule has 1 aliphatic rings. The van der Waals surface area contributed by atoms with Crippen LogP contribution < -0.4 is 5.32 Å². The Hall–Kier alpha value is -1.69. The number of anilines is 1. The maximum Gasteiger partial charge on any atom is 0.117 e. The highest BCUT2D eigenvalue weighted by Crippen LogP contribution is 2.34. The lowest BCUT2D eigenvalue weighted by molar-refractivity contribution is 0.475. The highest BCUT2D eigenvalue weighted by atomic mass is 16.3. The van der Waals surface area contributed by atoms with Crippen LogP contribution >= 0.6 is 0 Å². The molecule has 0 aliphatic heterocycles. The molecule has 0 radical (unpaired) electrons. The Morgan fingerprint density at radius 2 is 2.25 bits per heavy atom. The third-order valence-electron chi connectivity index (χ3n) is 2.97. The van der Waals surface area contributed by atoms with E-state index in [0.717, 1.165) is 18.0 Å². The van der Waals surface area contributed by atoms with E-state index < -0.39 is 0 Å². The zero-order valence-corrected chi connectivity index (χ0v) is 9.24. The second-order valence-corrected chi connectivity index (χ2v) is 4.34. The van der Waals surface area contributed by atoms with Crippen LogP contribution in [0.1, 0.15) is 24.8 Å². The van der Waals surface area contributed by atoms with E-state index >= 15 is 0 Å². The predicted octanol–water partition coefficient (Wildman–Crippen LogP) is 2.67. The van der Waals surface area contributed by atoms with Gasteiger partial charge in [-0.2, -0.15) is 5.26 Å². The lowest BCUT2D eigenvalue weighted by Gasteiger charge is -2.10. The van der Waals surface area contributed by atoms with Crippen LogP contribution in [0.2, 0.25) is 0 Å². The molecule has 2 N–H and O–H groups in total. The summed E-state index contributed by atoms with van der Waals surface area (Å²) in [7, 11) is 0. The number of aryl methyl sites for hydroxylation is 1. The number of hydrogen-bond donors (Lipinski definition) is 2. The van der Waals surface area contributed by atoms with Crippen LogP contribution in [0.4, 0.5) is 5.69 Å². The van der Waals surface area contributed by atoms with Gasteiger partial charge in [-0.1, -0.05) is 18.9 Å². The van der Waals surface area contributed by atoms with Crippen LogP contribution in [0.25, 0.3) is 0 Å². The molecule has 0 heterocycles. The summed E-state index contributed by atoms with van der Waals surface area (Å²) in [6.45, 7) is 0.278. The minimum atomic E-state index is 0.246. The molecule has 0 bridgehead atoms. The van der Waals surface area contributed by atoms with Gasteiger partial charge in [0.15, 0.2) is 0 Å². The van der Waals surface area contributed by atoms with Crippen molar-refractivity contribution in [1.29, 1.82) is 5.26 Å². The first kappa shape index (κ1) is 10.8. The van der Waals surface area contributed by atoms with Crippen LogP contribution in [0.3, 0.4) is 0 Å². The summed E-state index contributed by atoms with van der Waals surface area (Å²) in [5.41, 5.74) is 2.09. The SMILES string of the molecule is N#CCNc1cc(O)ccc1CCC1CC1. The minimum Gasteiger partial charge on any atom is -0.508 e. The Morgan fingerprint density at radius 3 is 2.94 bits per heavy atom. The molecule has 0 unspecified atom stereocenters. The molecule has 1 aromatic rings. The van der Waals surface area contributed by atoms with Crippen molar-refractivity contribution in [1.82, 2.24) is 0 Å². The number of phenols is 1. The van der Waals surface area contributed by atoms with Crippen LogP contribution in [0, 0.1) is 17.2 Å². The highest BCUT2D eigenvalue weighted by molar-refractivity contribution is 5.55. The Bertz CT molecular complexity index is 405. The van der Waals surface area contributed by atoms with Crippen molar-refractivity contribution < 1.29 is 5.11 Å². The van der Waals surface area contributed by atoms with E-state index in [2.05, 4.69) is 5.32 Å². The predicted molar refractivity (Wildman–Crippen MR) is 63.3 cm³/mol. The molecule has 0 amide bonds. The summed E-state index contributed by atoms with van der Waals surface area (Å²) in [6, 6.07) is 7.39. The van der Waals surface area contributed by atoms with Gasteiger partial charge in [0.2, 0.25) is 0 Å². The van der Waals surface area contributed by atoms with E-state index in [4.69, 9.17) is 5.26 Å². The third kappa shape index (κ3) is 2.90. The van der Waals surface area contributed by atoms with E-state index in [1.807, 2.05) is 12.1 Å².